The lowest BCUT2D eigenvalue weighted by Crippen LogP contribution is -2.13. The first kappa shape index (κ1) is 16.6. The van der Waals surface area contributed by atoms with E-state index in [2.05, 4.69) is 22.6 Å². The zero-order chi connectivity index (χ0) is 15.1. The van der Waals surface area contributed by atoms with Crippen molar-refractivity contribution in [3.8, 4) is 0 Å². The van der Waals surface area contributed by atoms with Crippen molar-refractivity contribution < 1.29 is 0 Å². The van der Waals surface area contributed by atoms with E-state index in [1.807, 2.05) is 23.0 Å². The average molecular weight is 345 g/mol. The van der Waals surface area contributed by atoms with Gasteiger partial charge < -0.3 is 5.32 Å². The molecule has 0 saturated heterocycles. The number of aromatic nitrogens is 3. The molecule has 0 radical (unpaired) electrons. The third kappa shape index (κ3) is 5.51. The van der Waals surface area contributed by atoms with Gasteiger partial charge in [-0.15, -0.1) is 16.9 Å². The number of halogens is 2. The Bertz CT molecular complexity index is 574. The SMILES string of the molecule is CCCNCc1cn(CCSc2cc(Cl)ccc2Cl)nn1. The summed E-state index contributed by atoms with van der Waals surface area (Å²) in [6.07, 6.45) is 3.09. The molecule has 1 aromatic heterocycles. The molecule has 0 aliphatic rings. The molecule has 0 aliphatic heterocycles. The van der Waals surface area contributed by atoms with Crippen LogP contribution in [0.3, 0.4) is 0 Å². The molecule has 4 nitrogen and oxygen atoms in total. The van der Waals surface area contributed by atoms with E-state index in [4.69, 9.17) is 23.2 Å². The van der Waals surface area contributed by atoms with Crippen LogP contribution in [0.2, 0.25) is 10.0 Å². The maximum Gasteiger partial charge on any atom is 0.0964 e. The third-order valence-electron chi connectivity index (χ3n) is 2.79. The Morgan fingerprint density at radius 3 is 3.00 bits per heavy atom. The van der Waals surface area contributed by atoms with Gasteiger partial charge in [0.2, 0.25) is 0 Å². The Labute approximate surface area is 139 Å². The van der Waals surface area contributed by atoms with Crippen LogP contribution in [-0.4, -0.2) is 27.3 Å². The molecule has 7 heteroatoms. The van der Waals surface area contributed by atoms with Gasteiger partial charge in [0.1, 0.15) is 0 Å². The van der Waals surface area contributed by atoms with Crippen LogP contribution in [0.5, 0.6) is 0 Å². The van der Waals surface area contributed by atoms with Crippen LogP contribution >= 0.6 is 35.0 Å². The minimum absolute atomic E-state index is 0.701. The first-order chi connectivity index (χ1) is 10.2. The summed E-state index contributed by atoms with van der Waals surface area (Å²) in [5, 5.41) is 13.0. The number of rotatable bonds is 8. The first-order valence-electron chi connectivity index (χ1n) is 6.86. The molecule has 114 valence electrons. The molecule has 1 heterocycles. The van der Waals surface area contributed by atoms with E-state index in [-0.39, 0.29) is 0 Å². The van der Waals surface area contributed by atoms with Crippen LogP contribution in [0.1, 0.15) is 19.0 Å². The van der Waals surface area contributed by atoms with E-state index in [1.165, 1.54) is 0 Å². The lowest BCUT2D eigenvalue weighted by molar-refractivity contribution is 0.630. The maximum absolute atomic E-state index is 6.13. The molecular weight excluding hydrogens is 327 g/mol. The first-order valence-corrected chi connectivity index (χ1v) is 8.60. The predicted octanol–water partition coefficient (Wildman–Crippen LogP) is 3.88. The van der Waals surface area contributed by atoms with Crippen molar-refractivity contribution in [2.75, 3.05) is 12.3 Å². The number of thioether (sulfide) groups is 1. The van der Waals surface area contributed by atoms with Gasteiger partial charge in [-0.25, -0.2) is 0 Å². The summed E-state index contributed by atoms with van der Waals surface area (Å²) in [5.41, 5.74) is 0.967. The quantitative estimate of drug-likeness (QED) is 0.582. The molecule has 2 rings (SSSR count). The fourth-order valence-electron chi connectivity index (χ4n) is 1.76. The highest BCUT2D eigenvalue weighted by molar-refractivity contribution is 7.99. The zero-order valence-corrected chi connectivity index (χ0v) is 14.2. The largest absolute Gasteiger partial charge is 0.311 e. The Morgan fingerprint density at radius 1 is 1.33 bits per heavy atom. The number of aryl methyl sites for hydroxylation is 1. The van der Waals surface area contributed by atoms with Crippen molar-refractivity contribution in [3.05, 3.63) is 40.1 Å². The summed E-state index contributed by atoms with van der Waals surface area (Å²) in [6.45, 7) is 4.69. The lowest BCUT2D eigenvalue weighted by atomic mass is 10.4. The highest BCUT2D eigenvalue weighted by Gasteiger charge is 2.04. The second kappa shape index (κ2) is 8.63. The summed E-state index contributed by atoms with van der Waals surface area (Å²) in [7, 11) is 0. The van der Waals surface area contributed by atoms with Gasteiger partial charge in [-0.3, -0.25) is 4.68 Å². The van der Waals surface area contributed by atoms with Gasteiger partial charge >= 0.3 is 0 Å². The van der Waals surface area contributed by atoms with Crippen molar-refractivity contribution in [1.82, 2.24) is 20.3 Å². The van der Waals surface area contributed by atoms with Gasteiger partial charge in [0.25, 0.3) is 0 Å². The summed E-state index contributed by atoms with van der Waals surface area (Å²) < 4.78 is 1.86. The van der Waals surface area contributed by atoms with Crippen LogP contribution in [-0.2, 0) is 13.1 Å². The van der Waals surface area contributed by atoms with Gasteiger partial charge in [0, 0.05) is 28.4 Å². The van der Waals surface area contributed by atoms with E-state index >= 15 is 0 Å². The molecule has 1 N–H and O–H groups in total. The molecule has 1 aromatic carbocycles. The average Bonchev–Trinajstić information content (AvgIpc) is 2.91. The van der Waals surface area contributed by atoms with Crippen molar-refractivity contribution in [2.45, 2.75) is 31.3 Å². The second-order valence-electron chi connectivity index (χ2n) is 4.57. The highest BCUT2D eigenvalue weighted by atomic mass is 35.5. The standard InChI is InChI=1S/C14H18Cl2N4S/c1-2-5-17-9-12-10-20(19-18-12)6-7-21-14-8-11(15)3-4-13(14)16/h3-4,8,10,17H,2,5-7,9H2,1H3. The van der Waals surface area contributed by atoms with Crippen LogP contribution < -0.4 is 5.32 Å². The monoisotopic (exact) mass is 344 g/mol. The summed E-state index contributed by atoms with van der Waals surface area (Å²) in [5.74, 6) is 0.866. The molecule has 0 saturated carbocycles. The second-order valence-corrected chi connectivity index (χ2v) is 6.55. The predicted molar refractivity (Wildman–Crippen MR) is 89.2 cm³/mol. The fraction of sp³-hybridized carbons (Fsp3) is 0.429. The van der Waals surface area contributed by atoms with Crippen molar-refractivity contribution in [3.63, 3.8) is 0 Å². The molecule has 0 aliphatic carbocycles. The van der Waals surface area contributed by atoms with E-state index in [0.29, 0.717) is 5.02 Å². The zero-order valence-electron chi connectivity index (χ0n) is 11.9. The number of benzene rings is 1. The molecular formula is C14H18Cl2N4S. The van der Waals surface area contributed by atoms with Gasteiger partial charge in [0.15, 0.2) is 0 Å². The molecule has 2 aromatic rings. The topological polar surface area (TPSA) is 42.7 Å². The van der Waals surface area contributed by atoms with Crippen molar-refractivity contribution in [1.29, 1.82) is 0 Å². The van der Waals surface area contributed by atoms with Crippen molar-refractivity contribution >= 4 is 35.0 Å². The van der Waals surface area contributed by atoms with E-state index in [1.54, 1.807) is 17.8 Å². The summed E-state index contributed by atoms with van der Waals surface area (Å²) in [4.78, 5) is 0.995. The summed E-state index contributed by atoms with van der Waals surface area (Å²) >= 11 is 13.8. The molecule has 21 heavy (non-hydrogen) atoms. The Kier molecular flexibility index (Phi) is 6.83. The number of hydrogen-bond donors (Lipinski definition) is 1. The van der Waals surface area contributed by atoms with Gasteiger partial charge in [-0.05, 0) is 31.2 Å². The van der Waals surface area contributed by atoms with Crippen LogP contribution in [0, 0.1) is 0 Å². The lowest BCUT2D eigenvalue weighted by Gasteiger charge is -2.04. The molecule has 0 spiro atoms. The van der Waals surface area contributed by atoms with E-state index in [0.717, 1.165) is 47.4 Å². The van der Waals surface area contributed by atoms with Crippen LogP contribution in [0.4, 0.5) is 0 Å². The molecule has 0 amide bonds. The van der Waals surface area contributed by atoms with Crippen LogP contribution in [0.25, 0.3) is 0 Å². The Morgan fingerprint density at radius 2 is 2.19 bits per heavy atom. The van der Waals surface area contributed by atoms with E-state index < -0.39 is 0 Å². The third-order valence-corrected chi connectivity index (χ3v) is 4.50. The molecule has 0 fully saturated rings. The molecule has 0 bridgehead atoms. The minimum atomic E-state index is 0.701. The maximum atomic E-state index is 6.13. The summed E-state index contributed by atoms with van der Waals surface area (Å²) in [6, 6.07) is 5.50. The van der Waals surface area contributed by atoms with Crippen LogP contribution in [0.15, 0.2) is 29.3 Å². The van der Waals surface area contributed by atoms with Gasteiger partial charge in [0.05, 0.1) is 17.3 Å². The van der Waals surface area contributed by atoms with Crippen molar-refractivity contribution in [2.24, 2.45) is 0 Å². The minimum Gasteiger partial charge on any atom is -0.311 e. The Balaban J connectivity index is 1.79. The Hall–Kier alpha value is -0.750. The number of nitrogens with zero attached hydrogens (tertiary/aromatic N) is 3. The van der Waals surface area contributed by atoms with Gasteiger partial charge in [-0.1, -0.05) is 35.3 Å². The molecule has 0 unspecified atom stereocenters. The number of hydrogen-bond acceptors (Lipinski definition) is 4. The molecule has 0 atom stereocenters. The van der Waals surface area contributed by atoms with E-state index in [9.17, 15) is 0 Å². The normalized spacial score (nSPS) is 11.0. The smallest absolute Gasteiger partial charge is 0.0964 e. The highest BCUT2D eigenvalue weighted by Crippen LogP contribution is 2.29. The van der Waals surface area contributed by atoms with Gasteiger partial charge in [-0.2, -0.15) is 0 Å². The number of nitrogens with one attached hydrogen (secondary N) is 1. The fourth-order valence-corrected chi connectivity index (χ4v) is 3.19.